The minimum absolute atomic E-state index is 0.112. The lowest BCUT2D eigenvalue weighted by Gasteiger charge is -2.35. The van der Waals surface area contributed by atoms with Gasteiger partial charge in [0.25, 0.3) is 0 Å². The number of aryl methyl sites for hydroxylation is 1. The average Bonchev–Trinajstić information content (AvgIpc) is 3.47. The van der Waals surface area contributed by atoms with Crippen LogP contribution in [0.15, 0.2) is 52.7 Å². The van der Waals surface area contributed by atoms with Crippen LogP contribution in [0.5, 0.6) is 0 Å². The van der Waals surface area contributed by atoms with Gasteiger partial charge in [0.2, 0.25) is 5.91 Å². The molecule has 3 aromatic heterocycles. The molecule has 1 aromatic carbocycles. The maximum absolute atomic E-state index is 12.7. The molecule has 0 N–H and O–H groups in total. The molecule has 7 nitrogen and oxygen atoms in total. The van der Waals surface area contributed by atoms with Crippen LogP contribution in [0.4, 0.5) is 5.82 Å². The highest BCUT2D eigenvalue weighted by molar-refractivity contribution is 7.16. The molecule has 0 bridgehead atoms. The molecule has 5 rings (SSSR count). The number of carbonyl (C=O) groups is 1. The van der Waals surface area contributed by atoms with Gasteiger partial charge in [-0.1, -0.05) is 23.7 Å². The van der Waals surface area contributed by atoms with Crippen molar-refractivity contribution < 1.29 is 9.21 Å². The number of amides is 1. The van der Waals surface area contributed by atoms with Crippen LogP contribution in [0, 0.1) is 0 Å². The second-order valence-corrected chi connectivity index (χ2v) is 8.60. The van der Waals surface area contributed by atoms with Crippen molar-refractivity contribution in [1.82, 2.24) is 19.9 Å². The molecule has 4 aromatic rings. The van der Waals surface area contributed by atoms with Crippen molar-refractivity contribution in [2.24, 2.45) is 0 Å². The Hall–Kier alpha value is -2.97. The summed E-state index contributed by atoms with van der Waals surface area (Å²) in [7, 11) is 0. The third-order valence-electron chi connectivity index (χ3n) is 5.42. The zero-order chi connectivity index (χ0) is 21.2. The van der Waals surface area contributed by atoms with Gasteiger partial charge in [-0.2, -0.15) is 0 Å². The standard InChI is InChI=1S/C22H20ClN5O2S/c23-17-4-2-1-3-15(17)18-13-24-19(30-18)5-6-20(29)27-8-10-28(11-9-27)21-16-7-12-31-22(16)26-14-25-21/h1-4,7,12-14H,5-6,8-11H2. The van der Waals surface area contributed by atoms with E-state index in [2.05, 4.69) is 25.9 Å². The number of thiophene rings is 1. The first-order valence-electron chi connectivity index (χ1n) is 10.1. The fourth-order valence-corrected chi connectivity index (χ4v) is 4.74. The minimum atomic E-state index is 0.112. The third kappa shape index (κ3) is 4.13. The monoisotopic (exact) mass is 453 g/mol. The molecule has 158 valence electrons. The van der Waals surface area contributed by atoms with Gasteiger partial charge >= 0.3 is 0 Å². The second kappa shape index (κ2) is 8.64. The van der Waals surface area contributed by atoms with Crippen LogP contribution in [0.2, 0.25) is 5.02 Å². The number of carbonyl (C=O) groups excluding carboxylic acids is 1. The predicted molar refractivity (Wildman–Crippen MR) is 121 cm³/mol. The van der Waals surface area contributed by atoms with Gasteiger partial charge in [0.1, 0.15) is 17.0 Å². The number of oxazole rings is 1. The zero-order valence-electron chi connectivity index (χ0n) is 16.7. The number of aromatic nitrogens is 3. The first-order valence-corrected chi connectivity index (χ1v) is 11.4. The van der Waals surface area contributed by atoms with Crippen LogP contribution >= 0.6 is 22.9 Å². The molecule has 0 atom stereocenters. The van der Waals surface area contributed by atoms with Gasteiger partial charge in [-0.05, 0) is 23.6 Å². The normalized spacial score (nSPS) is 14.4. The third-order valence-corrected chi connectivity index (χ3v) is 6.57. The SMILES string of the molecule is O=C(CCc1ncc(-c2ccccc2Cl)o1)N1CCN(c2ncnc3sccc23)CC1. The highest BCUT2D eigenvalue weighted by atomic mass is 35.5. The number of halogens is 1. The van der Waals surface area contributed by atoms with Crippen molar-refractivity contribution in [2.45, 2.75) is 12.8 Å². The summed E-state index contributed by atoms with van der Waals surface area (Å²) in [6.07, 6.45) is 4.10. The van der Waals surface area contributed by atoms with Gasteiger partial charge < -0.3 is 14.2 Å². The summed E-state index contributed by atoms with van der Waals surface area (Å²) in [4.78, 5) is 30.9. The number of nitrogens with zero attached hydrogens (tertiary/aromatic N) is 5. The summed E-state index contributed by atoms with van der Waals surface area (Å²) in [5.41, 5.74) is 0.801. The summed E-state index contributed by atoms with van der Waals surface area (Å²) in [6.45, 7) is 2.85. The first-order chi connectivity index (χ1) is 15.2. The Labute approximate surface area is 188 Å². The molecule has 1 fully saturated rings. The Bertz CT molecular complexity index is 1220. The van der Waals surface area contributed by atoms with Crippen LogP contribution in [0.25, 0.3) is 21.5 Å². The second-order valence-electron chi connectivity index (χ2n) is 7.30. The van der Waals surface area contributed by atoms with Crippen LogP contribution in [0.3, 0.4) is 0 Å². The van der Waals surface area contributed by atoms with Crippen LogP contribution in [0.1, 0.15) is 12.3 Å². The van der Waals surface area contributed by atoms with Gasteiger partial charge in [-0.15, -0.1) is 11.3 Å². The van der Waals surface area contributed by atoms with Gasteiger partial charge in [0.05, 0.1) is 16.6 Å². The average molecular weight is 454 g/mol. The molecular weight excluding hydrogens is 434 g/mol. The Kier molecular flexibility index (Phi) is 5.57. The number of benzene rings is 1. The quantitative estimate of drug-likeness (QED) is 0.449. The van der Waals surface area contributed by atoms with Gasteiger partial charge in [0.15, 0.2) is 11.7 Å². The summed E-state index contributed by atoms with van der Waals surface area (Å²) >= 11 is 7.83. The Morgan fingerprint density at radius 3 is 2.77 bits per heavy atom. The molecule has 1 saturated heterocycles. The topological polar surface area (TPSA) is 75.4 Å². The molecule has 0 aliphatic carbocycles. The van der Waals surface area contributed by atoms with Crippen molar-refractivity contribution in [1.29, 1.82) is 0 Å². The number of fused-ring (bicyclic) bond motifs is 1. The Morgan fingerprint density at radius 1 is 1.10 bits per heavy atom. The molecule has 0 spiro atoms. The smallest absolute Gasteiger partial charge is 0.223 e. The van der Waals surface area contributed by atoms with Crippen LogP contribution in [-0.2, 0) is 11.2 Å². The van der Waals surface area contributed by atoms with E-state index in [1.807, 2.05) is 34.5 Å². The van der Waals surface area contributed by atoms with E-state index in [4.69, 9.17) is 16.0 Å². The van der Waals surface area contributed by atoms with E-state index in [-0.39, 0.29) is 5.91 Å². The number of hydrogen-bond donors (Lipinski definition) is 0. The van der Waals surface area contributed by atoms with Gasteiger partial charge in [-0.3, -0.25) is 4.79 Å². The number of rotatable bonds is 5. The van der Waals surface area contributed by atoms with E-state index in [9.17, 15) is 4.79 Å². The summed E-state index contributed by atoms with van der Waals surface area (Å²) in [6, 6.07) is 9.53. The molecule has 0 radical (unpaired) electrons. The molecule has 1 amide bonds. The number of hydrogen-bond acceptors (Lipinski definition) is 7. The van der Waals surface area contributed by atoms with Crippen molar-refractivity contribution >= 4 is 44.9 Å². The first kappa shape index (κ1) is 20.0. The minimum Gasteiger partial charge on any atom is -0.441 e. The summed E-state index contributed by atoms with van der Waals surface area (Å²) in [5, 5.41) is 3.72. The Balaban J connectivity index is 1.17. The van der Waals surface area contributed by atoms with E-state index in [0.29, 0.717) is 42.6 Å². The fraction of sp³-hybridized carbons (Fsp3) is 0.273. The van der Waals surface area contributed by atoms with Crippen LogP contribution < -0.4 is 4.90 Å². The molecular formula is C22H20ClN5O2S. The molecule has 9 heteroatoms. The molecule has 31 heavy (non-hydrogen) atoms. The maximum Gasteiger partial charge on any atom is 0.223 e. The Morgan fingerprint density at radius 2 is 1.94 bits per heavy atom. The van der Waals surface area contributed by atoms with Crippen molar-refractivity contribution in [2.75, 3.05) is 31.1 Å². The zero-order valence-corrected chi connectivity index (χ0v) is 18.3. The van der Waals surface area contributed by atoms with Crippen molar-refractivity contribution in [3.8, 4) is 11.3 Å². The molecule has 1 aliphatic rings. The lowest BCUT2D eigenvalue weighted by atomic mass is 10.2. The van der Waals surface area contributed by atoms with Gasteiger partial charge in [0, 0.05) is 44.6 Å². The summed E-state index contributed by atoms with van der Waals surface area (Å²) < 4.78 is 5.81. The predicted octanol–water partition coefficient (Wildman–Crippen LogP) is 4.28. The largest absolute Gasteiger partial charge is 0.441 e. The van der Waals surface area contributed by atoms with Crippen LogP contribution in [-0.4, -0.2) is 51.9 Å². The lowest BCUT2D eigenvalue weighted by Crippen LogP contribution is -2.49. The fourth-order valence-electron chi connectivity index (χ4n) is 3.78. The lowest BCUT2D eigenvalue weighted by molar-refractivity contribution is -0.131. The van der Waals surface area contributed by atoms with Crippen molar-refractivity contribution in [3.63, 3.8) is 0 Å². The van der Waals surface area contributed by atoms with E-state index in [1.165, 1.54) is 0 Å². The van der Waals surface area contributed by atoms with E-state index < -0.39 is 0 Å². The summed E-state index contributed by atoms with van der Waals surface area (Å²) in [5.74, 6) is 2.22. The number of anilines is 1. The molecule has 0 unspecified atom stereocenters. The highest BCUT2D eigenvalue weighted by Crippen LogP contribution is 2.29. The molecule has 0 saturated carbocycles. The molecule has 4 heterocycles. The van der Waals surface area contributed by atoms with E-state index in [1.54, 1.807) is 23.9 Å². The maximum atomic E-state index is 12.7. The van der Waals surface area contributed by atoms with Gasteiger partial charge in [-0.25, -0.2) is 15.0 Å². The highest BCUT2D eigenvalue weighted by Gasteiger charge is 2.23. The van der Waals surface area contributed by atoms with E-state index >= 15 is 0 Å². The van der Waals surface area contributed by atoms with Crippen molar-refractivity contribution in [3.05, 3.63) is 59.1 Å². The molecule has 1 aliphatic heterocycles. The van der Waals surface area contributed by atoms with E-state index in [0.717, 1.165) is 34.7 Å². The number of piperazine rings is 1.